The van der Waals surface area contributed by atoms with E-state index in [0.29, 0.717) is 37.5 Å². The molecule has 0 saturated heterocycles. The fraction of sp³-hybridized carbons (Fsp3) is 0.350. The third-order valence-corrected chi connectivity index (χ3v) is 4.54. The zero-order valence-corrected chi connectivity index (χ0v) is 16.9. The van der Waals surface area contributed by atoms with Crippen molar-refractivity contribution in [2.45, 2.75) is 12.8 Å². The molecule has 0 fully saturated rings. The second-order valence-electron chi connectivity index (χ2n) is 5.81. The van der Waals surface area contributed by atoms with Crippen molar-refractivity contribution in [2.24, 2.45) is 0 Å². The van der Waals surface area contributed by atoms with Crippen molar-refractivity contribution in [1.29, 1.82) is 0 Å². The van der Waals surface area contributed by atoms with E-state index in [9.17, 15) is 4.79 Å². The molecule has 0 saturated carbocycles. The van der Waals surface area contributed by atoms with Crippen LogP contribution in [0.5, 0.6) is 17.2 Å². The molecule has 0 atom stereocenters. The molecular weight excluding hydrogens is 398 g/mol. The van der Waals surface area contributed by atoms with Crippen LogP contribution in [-0.2, 0) is 11.2 Å². The summed E-state index contributed by atoms with van der Waals surface area (Å²) in [5.74, 6) is 2.23. The summed E-state index contributed by atoms with van der Waals surface area (Å²) in [5.41, 5.74) is 1.04. The van der Waals surface area contributed by atoms with Crippen molar-refractivity contribution in [3.05, 3.63) is 52.5 Å². The SMILES string of the molecule is COc1ccc(CCC(=O)N(C)CCOc2ccc(Br)cc2)cc1OC. The molecule has 0 bridgehead atoms. The Labute approximate surface area is 163 Å². The highest BCUT2D eigenvalue weighted by Crippen LogP contribution is 2.28. The van der Waals surface area contributed by atoms with Gasteiger partial charge in [0.05, 0.1) is 20.8 Å². The Morgan fingerprint density at radius 2 is 1.73 bits per heavy atom. The number of aryl methyl sites for hydroxylation is 1. The molecule has 26 heavy (non-hydrogen) atoms. The highest BCUT2D eigenvalue weighted by molar-refractivity contribution is 9.10. The highest BCUT2D eigenvalue weighted by atomic mass is 79.9. The number of benzene rings is 2. The van der Waals surface area contributed by atoms with Gasteiger partial charge in [0.1, 0.15) is 12.4 Å². The summed E-state index contributed by atoms with van der Waals surface area (Å²) in [5, 5.41) is 0. The Balaban J connectivity index is 1.77. The highest BCUT2D eigenvalue weighted by Gasteiger charge is 2.11. The number of amides is 1. The Morgan fingerprint density at radius 3 is 2.38 bits per heavy atom. The van der Waals surface area contributed by atoms with Crippen LogP contribution < -0.4 is 14.2 Å². The average molecular weight is 422 g/mol. The molecule has 5 nitrogen and oxygen atoms in total. The van der Waals surface area contributed by atoms with Gasteiger partial charge in [0, 0.05) is 17.9 Å². The van der Waals surface area contributed by atoms with Crippen LogP contribution in [0.15, 0.2) is 46.9 Å². The van der Waals surface area contributed by atoms with Crippen molar-refractivity contribution in [1.82, 2.24) is 4.90 Å². The number of likely N-dealkylation sites (N-methyl/N-ethyl adjacent to an activating group) is 1. The minimum absolute atomic E-state index is 0.0826. The number of ether oxygens (including phenoxy) is 3. The molecule has 0 N–H and O–H groups in total. The fourth-order valence-corrected chi connectivity index (χ4v) is 2.70. The maximum Gasteiger partial charge on any atom is 0.222 e. The van der Waals surface area contributed by atoms with Gasteiger partial charge < -0.3 is 19.1 Å². The van der Waals surface area contributed by atoms with Crippen molar-refractivity contribution in [3.8, 4) is 17.2 Å². The lowest BCUT2D eigenvalue weighted by Gasteiger charge is -2.18. The van der Waals surface area contributed by atoms with Gasteiger partial charge in [0.25, 0.3) is 0 Å². The van der Waals surface area contributed by atoms with E-state index >= 15 is 0 Å². The van der Waals surface area contributed by atoms with Gasteiger partial charge in [-0.3, -0.25) is 4.79 Å². The van der Waals surface area contributed by atoms with Crippen LogP contribution in [0.25, 0.3) is 0 Å². The molecule has 140 valence electrons. The number of nitrogens with zero attached hydrogens (tertiary/aromatic N) is 1. The number of hydrogen-bond acceptors (Lipinski definition) is 4. The second kappa shape index (κ2) is 10.1. The minimum atomic E-state index is 0.0826. The van der Waals surface area contributed by atoms with E-state index in [1.165, 1.54) is 0 Å². The van der Waals surface area contributed by atoms with E-state index in [4.69, 9.17) is 14.2 Å². The first kappa shape index (κ1) is 20.1. The summed E-state index contributed by atoms with van der Waals surface area (Å²) in [4.78, 5) is 14.0. The predicted octanol–water partition coefficient (Wildman–Crippen LogP) is 3.94. The fourth-order valence-electron chi connectivity index (χ4n) is 2.43. The summed E-state index contributed by atoms with van der Waals surface area (Å²) in [6.45, 7) is 1.00. The molecule has 0 unspecified atom stereocenters. The molecule has 0 aliphatic rings. The molecule has 1 amide bonds. The number of rotatable bonds is 9. The molecule has 0 aliphatic carbocycles. The smallest absolute Gasteiger partial charge is 0.222 e. The quantitative estimate of drug-likeness (QED) is 0.615. The lowest BCUT2D eigenvalue weighted by Crippen LogP contribution is -2.31. The Bertz CT molecular complexity index is 718. The van der Waals surface area contributed by atoms with Crippen molar-refractivity contribution >= 4 is 21.8 Å². The Hall–Kier alpha value is -2.21. The molecule has 2 aromatic rings. The van der Waals surface area contributed by atoms with Crippen LogP contribution in [-0.4, -0.2) is 45.2 Å². The Morgan fingerprint density at radius 1 is 1.04 bits per heavy atom. The monoisotopic (exact) mass is 421 g/mol. The molecule has 0 aliphatic heterocycles. The summed E-state index contributed by atoms with van der Waals surface area (Å²) < 4.78 is 17.2. The topological polar surface area (TPSA) is 48.0 Å². The molecule has 2 aromatic carbocycles. The van der Waals surface area contributed by atoms with E-state index in [0.717, 1.165) is 15.8 Å². The van der Waals surface area contributed by atoms with Crippen LogP contribution >= 0.6 is 15.9 Å². The van der Waals surface area contributed by atoms with Gasteiger partial charge in [-0.2, -0.15) is 0 Å². The summed E-state index contributed by atoms with van der Waals surface area (Å²) in [6, 6.07) is 13.3. The maximum atomic E-state index is 12.3. The summed E-state index contributed by atoms with van der Waals surface area (Å²) in [7, 11) is 5.00. The van der Waals surface area contributed by atoms with Crippen molar-refractivity contribution < 1.29 is 19.0 Å². The van der Waals surface area contributed by atoms with Crippen LogP contribution in [0.4, 0.5) is 0 Å². The van der Waals surface area contributed by atoms with Gasteiger partial charge >= 0.3 is 0 Å². The lowest BCUT2D eigenvalue weighted by atomic mass is 10.1. The molecule has 2 rings (SSSR count). The molecule has 6 heteroatoms. The number of hydrogen-bond donors (Lipinski definition) is 0. The minimum Gasteiger partial charge on any atom is -0.493 e. The van der Waals surface area contributed by atoms with Crippen molar-refractivity contribution in [2.75, 3.05) is 34.4 Å². The van der Waals surface area contributed by atoms with E-state index < -0.39 is 0 Å². The number of halogens is 1. The molecule has 0 spiro atoms. The first-order chi connectivity index (χ1) is 12.5. The standard InChI is InChI=1S/C20H24BrNO4/c1-22(12-13-26-17-8-6-16(21)7-9-17)20(23)11-5-15-4-10-18(24-2)19(14-15)25-3/h4,6-10,14H,5,11-13H2,1-3H3. The number of carbonyl (C=O) groups is 1. The zero-order valence-electron chi connectivity index (χ0n) is 15.3. The Kier molecular flexibility index (Phi) is 7.78. The van der Waals surface area contributed by atoms with E-state index in [1.54, 1.807) is 26.2 Å². The summed E-state index contributed by atoms with van der Waals surface area (Å²) in [6.07, 6.45) is 1.08. The van der Waals surface area contributed by atoms with Crippen LogP contribution in [0.2, 0.25) is 0 Å². The maximum absolute atomic E-state index is 12.3. The number of methoxy groups -OCH3 is 2. The zero-order chi connectivity index (χ0) is 18.9. The van der Waals surface area contributed by atoms with Crippen molar-refractivity contribution in [3.63, 3.8) is 0 Å². The van der Waals surface area contributed by atoms with Crippen LogP contribution in [0.3, 0.4) is 0 Å². The molecular formula is C20H24BrNO4. The lowest BCUT2D eigenvalue weighted by molar-refractivity contribution is -0.130. The van der Waals surface area contributed by atoms with Gasteiger partial charge in [-0.25, -0.2) is 0 Å². The third-order valence-electron chi connectivity index (χ3n) is 4.01. The molecule has 0 heterocycles. The van der Waals surface area contributed by atoms with Crippen LogP contribution in [0, 0.1) is 0 Å². The molecule has 0 aromatic heterocycles. The molecule has 0 radical (unpaired) electrons. The van der Waals surface area contributed by atoms with E-state index in [2.05, 4.69) is 15.9 Å². The van der Waals surface area contributed by atoms with Gasteiger partial charge in [-0.1, -0.05) is 22.0 Å². The van der Waals surface area contributed by atoms with Gasteiger partial charge in [0.15, 0.2) is 11.5 Å². The van der Waals surface area contributed by atoms with Gasteiger partial charge in [-0.15, -0.1) is 0 Å². The first-order valence-electron chi connectivity index (χ1n) is 8.36. The predicted molar refractivity (Wildman–Crippen MR) is 105 cm³/mol. The van der Waals surface area contributed by atoms with E-state index in [1.807, 2.05) is 42.5 Å². The van der Waals surface area contributed by atoms with Crippen LogP contribution in [0.1, 0.15) is 12.0 Å². The van der Waals surface area contributed by atoms with Gasteiger partial charge in [-0.05, 0) is 48.4 Å². The number of carbonyl (C=O) groups excluding carboxylic acids is 1. The third kappa shape index (κ3) is 5.95. The average Bonchev–Trinajstić information content (AvgIpc) is 2.67. The largest absolute Gasteiger partial charge is 0.493 e. The normalized spacial score (nSPS) is 10.3. The summed E-state index contributed by atoms with van der Waals surface area (Å²) >= 11 is 3.39. The van der Waals surface area contributed by atoms with Gasteiger partial charge in [0.2, 0.25) is 5.91 Å². The second-order valence-corrected chi connectivity index (χ2v) is 6.72. The first-order valence-corrected chi connectivity index (χ1v) is 9.16. The van der Waals surface area contributed by atoms with E-state index in [-0.39, 0.29) is 5.91 Å².